The molecule has 74 valence electrons. The molecule has 0 unspecified atom stereocenters. The number of carboxylic acids is 1. The van der Waals surface area contributed by atoms with Crippen LogP contribution in [0.1, 0.15) is 26.7 Å². The number of fused-ring (bicyclic) bond motifs is 2. The van der Waals surface area contributed by atoms with E-state index in [4.69, 9.17) is 10.8 Å². The van der Waals surface area contributed by atoms with Crippen LogP contribution in [0.2, 0.25) is 0 Å². The summed E-state index contributed by atoms with van der Waals surface area (Å²) in [6.07, 6.45) is 1.91. The van der Waals surface area contributed by atoms with E-state index in [0.29, 0.717) is 11.8 Å². The van der Waals surface area contributed by atoms with Crippen molar-refractivity contribution in [1.82, 2.24) is 0 Å². The molecule has 3 N–H and O–H groups in total. The predicted molar refractivity (Wildman–Crippen MR) is 49.1 cm³/mol. The molecule has 3 fully saturated rings. The van der Waals surface area contributed by atoms with Gasteiger partial charge < -0.3 is 10.8 Å². The van der Waals surface area contributed by atoms with Crippen molar-refractivity contribution in [2.75, 3.05) is 0 Å². The van der Waals surface area contributed by atoms with Gasteiger partial charge in [-0.1, -0.05) is 13.8 Å². The van der Waals surface area contributed by atoms with Crippen molar-refractivity contribution in [2.24, 2.45) is 28.9 Å². The molecule has 0 aromatic heterocycles. The highest BCUT2D eigenvalue weighted by Gasteiger charge is 2.58. The van der Waals surface area contributed by atoms with Gasteiger partial charge in [0.15, 0.2) is 0 Å². The van der Waals surface area contributed by atoms with Gasteiger partial charge in [-0.05, 0) is 30.1 Å². The average Bonchev–Trinajstić information content (AvgIpc) is 2.02. The van der Waals surface area contributed by atoms with E-state index in [1.807, 2.05) is 0 Å². The SMILES string of the molecule is CC1(C)[C@@H]2C[C@@H](C(=O)O)[C@@H](N)[C@@H]1C2. The maximum Gasteiger partial charge on any atom is 0.308 e. The molecular formula is C10H17NO2. The molecule has 0 aliphatic heterocycles. The van der Waals surface area contributed by atoms with E-state index < -0.39 is 5.97 Å². The largest absolute Gasteiger partial charge is 0.481 e. The number of carboxylic acid groups (broad SMARTS) is 1. The molecule has 0 aromatic carbocycles. The highest BCUT2D eigenvalue weighted by molar-refractivity contribution is 5.71. The van der Waals surface area contributed by atoms with Crippen LogP contribution < -0.4 is 5.73 Å². The number of nitrogens with two attached hydrogens (primary N) is 1. The van der Waals surface area contributed by atoms with Crippen LogP contribution in [0.25, 0.3) is 0 Å². The van der Waals surface area contributed by atoms with Gasteiger partial charge in [0.25, 0.3) is 0 Å². The molecule has 3 aliphatic carbocycles. The Morgan fingerprint density at radius 3 is 2.46 bits per heavy atom. The lowest BCUT2D eigenvalue weighted by Gasteiger charge is -2.60. The summed E-state index contributed by atoms with van der Waals surface area (Å²) < 4.78 is 0. The molecule has 3 heteroatoms. The van der Waals surface area contributed by atoms with Crippen molar-refractivity contribution in [3.8, 4) is 0 Å². The normalized spacial score (nSPS) is 46.7. The van der Waals surface area contributed by atoms with Gasteiger partial charge in [0, 0.05) is 6.04 Å². The first-order valence-corrected chi connectivity index (χ1v) is 4.93. The Labute approximate surface area is 78.3 Å². The van der Waals surface area contributed by atoms with Crippen molar-refractivity contribution in [1.29, 1.82) is 0 Å². The summed E-state index contributed by atoms with van der Waals surface area (Å²) in [5.41, 5.74) is 6.24. The maximum absolute atomic E-state index is 10.9. The van der Waals surface area contributed by atoms with Crippen molar-refractivity contribution in [2.45, 2.75) is 32.7 Å². The highest BCUT2D eigenvalue weighted by atomic mass is 16.4. The van der Waals surface area contributed by atoms with E-state index in [0.717, 1.165) is 12.8 Å². The summed E-state index contributed by atoms with van der Waals surface area (Å²) in [5.74, 6) is 0.000208. The minimum atomic E-state index is -0.710. The van der Waals surface area contributed by atoms with Crippen LogP contribution in [0.4, 0.5) is 0 Å². The summed E-state index contributed by atoms with van der Waals surface area (Å²) in [6, 6.07) is -0.127. The molecule has 0 heterocycles. The van der Waals surface area contributed by atoms with Crippen LogP contribution in [-0.2, 0) is 4.79 Å². The van der Waals surface area contributed by atoms with Crippen LogP contribution >= 0.6 is 0 Å². The Hall–Kier alpha value is -0.570. The monoisotopic (exact) mass is 183 g/mol. The van der Waals surface area contributed by atoms with Gasteiger partial charge in [0.2, 0.25) is 0 Å². The first kappa shape index (κ1) is 9.00. The molecule has 0 aromatic rings. The Morgan fingerprint density at radius 1 is 1.46 bits per heavy atom. The van der Waals surface area contributed by atoms with Gasteiger partial charge in [0.05, 0.1) is 5.92 Å². The Bertz CT molecular complexity index is 249. The molecule has 13 heavy (non-hydrogen) atoms. The summed E-state index contributed by atoms with van der Waals surface area (Å²) in [5, 5.41) is 8.94. The predicted octanol–water partition coefficient (Wildman–Crippen LogP) is 1.08. The summed E-state index contributed by atoms with van der Waals surface area (Å²) in [4.78, 5) is 10.9. The lowest BCUT2D eigenvalue weighted by atomic mass is 9.45. The molecule has 4 atom stereocenters. The molecule has 0 saturated heterocycles. The van der Waals surface area contributed by atoms with Crippen molar-refractivity contribution >= 4 is 5.97 Å². The van der Waals surface area contributed by atoms with Crippen molar-refractivity contribution < 1.29 is 9.90 Å². The minimum absolute atomic E-state index is 0.127. The number of carbonyl (C=O) groups is 1. The number of hydrogen-bond donors (Lipinski definition) is 2. The summed E-state index contributed by atoms with van der Waals surface area (Å²) >= 11 is 0. The fourth-order valence-electron chi connectivity index (χ4n) is 3.12. The first-order valence-electron chi connectivity index (χ1n) is 4.93. The molecule has 3 rings (SSSR count). The zero-order valence-corrected chi connectivity index (χ0v) is 8.16. The molecule has 0 spiro atoms. The van der Waals surface area contributed by atoms with Crippen LogP contribution in [0, 0.1) is 23.2 Å². The molecular weight excluding hydrogens is 166 g/mol. The van der Waals surface area contributed by atoms with E-state index >= 15 is 0 Å². The second-order valence-corrected chi connectivity index (χ2v) is 5.12. The average molecular weight is 183 g/mol. The second-order valence-electron chi connectivity index (χ2n) is 5.12. The number of aliphatic carboxylic acids is 1. The quantitative estimate of drug-likeness (QED) is 0.639. The zero-order chi connectivity index (χ0) is 9.80. The maximum atomic E-state index is 10.9. The van der Waals surface area contributed by atoms with Gasteiger partial charge in [0.1, 0.15) is 0 Å². The number of rotatable bonds is 1. The van der Waals surface area contributed by atoms with E-state index in [-0.39, 0.29) is 17.4 Å². The molecule has 2 bridgehead atoms. The summed E-state index contributed by atoms with van der Waals surface area (Å²) in [7, 11) is 0. The van der Waals surface area contributed by atoms with Gasteiger partial charge in [-0.3, -0.25) is 4.79 Å². The van der Waals surface area contributed by atoms with E-state index in [2.05, 4.69) is 13.8 Å². The molecule has 3 nitrogen and oxygen atoms in total. The summed E-state index contributed by atoms with van der Waals surface area (Å²) in [6.45, 7) is 4.42. The number of hydrogen-bond acceptors (Lipinski definition) is 2. The smallest absolute Gasteiger partial charge is 0.308 e. The van der Waals surface area contributed by atoms with Crippen molar-refractivity contribution in [3.63, 3.8) is 0 Å². The van der Waals surface area contributed by atoms with E-state index in [1.54, 1.807) is 0 Å². The molecule has 3 aliphatic rings. The fraction of sp³-hybridized carbons (Fsp3) is 0.900. The van der Waals surface area contributed by atoms with E-state index in [1.165, 1.54) is 0 Å². The Kier molecular flexibility index (Phi) is 1.71. The topological polar surface area (TPSA) is 63.3 Å². The molecule has 3 saturated carbocycles. The van der Waals surface area contributed by atoms with E-state index in [9.17, 15) is 4.79 Å². The van der Waals surface area contributed by atoms with Gasteiger partial charge in [-0.25, -0.2) is 0 Å². The van der Waals surface area contributed by atoms with Crippen LogP contribution in [0.15, 0.2) is 0 Å². The third-order valence-electron chi connectivity index (χ3n) is 4.33. The van der Waals surface area contributed by atoms with Crippen LogP contribution in [-0.4, -0.2) is 17.1 Å². The van der Waals surface area contributed by atoms with Crippen LogP contribution in [0.5, 0.6) is 0 Å². The van der Waals surface area contributed by atoms with Crippen molar-refractivity contribution in [3.05, 3.63) is 0 Å². The second kappa shape index (κ2) is 2.47. The van der Waals surface area contributed by atoms with Crippen LogP contribution in [0.3, 0.4) is 0 Å². The first-order chi connectivity index (χ1) is 5.94. The fourth-order valence-corrected chi connectivity index (χ4v) is 3.12. The van der Waals surface area contributed by atoms with Gasteiger partial charge >= 0.3 is 5.97 Å². The molecule has 0 amide bonds. The third-order valence-corrected chi connectivity index (χ3v) is 4.33. The third kappa shape index (κ3) is 1.03. The zero-order valence-electron chi connectivity index (χ0n) is 8.16. The molecule has 0 radical (unpaired) electrons. The lowest BCUT2D eigenvalue weighted by Crippen LogP contribution is -2.62. The lowest BCUT2D eigenvalue weighted by molar-refractivity contribution is -0.159. The standard InChI is InChI=1S/C10H17NO2/c1-10(2)5-3-6(9(12)13)8(11)7(10)4-5/h5-8H,3-4,11H2,1-2H3,(H,12,13)/t5-,6-,7+,8-/m1/s1. The minimum Gasteiger partial charge on any atom is -0.481 e. The highest BCUT2D eigenvalue weighted by Crippen LogP contribution is 2.60. The van der Waals surface area contributed by atoms with Gasteiger partial charge in [-0.2, -0.15) is 0 Å². The Morgan fingerprint density at radius 2 is 2.08 bits per heavy atom. The Balaban J connectivity index is 2.16. The van der Waals surface area contributed by atoms with Gasteiger partial charge in [-0.15, -0.1) is 0 Å².